The molecule has 0 bridgehead atoms. The van der Waals surface area contributed by atoms with Crippen LogP contribution in [0.25, 0.3) is 22.0 Å². The third-order valence-corrected chi connectivity index (χ3v) is 7.83. The SMILES string of the molecule is NNC(=O)C1CCCc2c1c1cc(OCCc3ccccc3)ccc1n2Cc1ccccc1-c1ccccc1. The van der Waals surface area contributed by atoms with E-state index in [9.17, 15) is 4.79 Å². The molecule has 5 heteroatoms. The number of benzene rings is 4. The lowest BCUT2D eigenvalue weighted by atomic mass is 9.84. The molecule has 1 atom stereocenters. The van der Waals surface area contributed by atoms with Gasteiger partial charge in [-0.2, -0.15) is 0 Å². The van der Waals surface area contributed by atoms with E-state index >= 15 is 0 Å². The van der Waals surface area contributed by atoms with Crippen molar-refractivity contribution in [1.82, 2.24) is 9.99 Å². The molecule has 5 aromatic rings. The number of amides is 1. The maximum Gasteiger partial charge on any atom is 0.241 e. The highest BCUT2D eigenvalue weighted by Gasteiger charge is 2.32. The van der Waals surface area contributed by atoms with Crippen LogP contribution in [0, 0.1) is 0 Å². The van der Waals surface area contributed by atoms with Gasteiger partial charge in [0.2, 0.25) is 5.91 Å². The summed E-state index contributed by atoms with van der Waals surface area (Å²) in [5.41, 5.74) is 10.8. The number of carbonyl (C=O) groups is 1. The number of ether oxygens (including phenoxy) is 1. The van der Waals surface area contributed by atoms with E-state index in [0.29, 0.717) is 6.61 Å². The van der Waals surface area contributed by atoms with Gasteiger partial charge in [0, 0.05) is 29.6 Å². The lowest BCUT2D eigenvalue weighted by Crippen LogP contribution is -2.36. The molecule has 1 aliphatic carbocycles. The van der Waals surface area contributed by atoms with E-state index in [1.54, 1.807) is 0 Å². The van der Waals surface area contributed by atoms with Gasteiger partial charge in [0.1, 0.15) is 5.75 Å². The van der Waals surface area contributed by atoms with E-state index in [1.165, 1.54) is 27.9 Å². The molecule has 1 unspecified atom stereocenters. The van der Waals surface area contributed by atoms with Crippen molar-refractivity contribution in [2.75, 3.05) is 6.61 Å². The average molecular weight is 516 g/mol. The van der Waals surface area contributed by atoms with Gasteiger partial charge in [0.25, 0.3) is 0 Å². The summed E-state index contributed by atoms with van der Waals surface area (Å²) in [6.45, 7) is 1.32. The van der Waals surface area contributed by atoms with Gasteiger partial charge in [-0.05, 0) is 65.3 Å². The minimum atomic E-state index is -0.272. The van der Waals surface area contributed by atoms with Crippen molar-refractivity contribution in [3.63, 3.8) is 0 Å². The van der Waals surface area contributed by atoms with E-state index in [4.69, 9.17) is 10.6 Å². The molecule has 1 amide bonds. The zero-order chi connectivity index (χ0) is 26.6. The van der Waals surface area contributed by atoms with Crippen molar-refractivity contribution in [3.8, 4) is 16.9 Å². The van der Waals surface area contributed by atoms with Crippen molar-refractivity contribution in [2.24, 2.45) is 5.84 Å². The number of nitrogens with zero attached hydrogens (tertiary/aromatic N) is 1. The largest absolute Gasteiger partial charge is 0.493 e. The van der Waals surface area contributed by atoms with Crippen molar-refractivity contribution in [2.45, 2.75) is 38.1 Å². The summed E-state index contributed by atoms with van der Waals surface area (Å²) in [7, 11) is 0. The van der Waals surface area contributed by atoms with Crippen molar-refractivity contribution >= 4 is 16.8 Å². The molecule has 1 heterocycles. The predicted octanol–water partition coefficient (Wildman–Crippen LogP) is 6.39. The van der Waals surface area contributed by atoms with Crippen LogP contribution < -0.4 is 16.0 Å². The minimum absolute atomic E-state index is 0.130. The van der Waals surface area contributed by atoms with Crippen molar-refractivity contribution < 1.29 is 9.53 Å². The van der Waals surface area contributed by atoms with Crippen molar-refractivity contribution in [1.29, 1.82) is 0 Å². The predicted molar refractivity (Wildman–Crippen MR) is 157 cm³/mol. The first-order valence-electron chi connectivity index (χ1n) is 13.7. The Balaban J connectivity index is 1.40. The second kappa shape index (κ2) is 11.2. The average Bonchev–Trinajstić information content (AvgIpc) is 3.31. The van der Waals surface area contributed by atoms with Crippen LogP contribution in [0.3, 0.4) is 0 Å². The van der Waals surface area contributed by atoms with Crippen LogP contribution in [0.15, 0.2) is 103 Å². The fourth-order valence-corrected chi connectivity index (χ4v) is 5.98. The molecule has 0 saturated heterocycles. The Morgan fingerprint density at radius 1 is 0.923 bits per heavy atom. The van der Waals surface area contributed by atoms with E-state index in [-0.39, 0.29) is 11.8 Å². The summed E-state index contributed by atoms with van der Waals surface area (Å²) in [5.74, 6) is 6.06. The van der Waals surface area contributed by atoms with Gasteiger partial charge in [-0.25, -0.2) is 5.84 Å². The molecule has 1 aromatic heterocycles. The summed E-state index contributed by atoms with van der Waals surface area (Å²) in [6, 6.07) is 35.8. The van der Waals surface area contributed by atoms with Crippen LogP contribution in [-0.2, 0) is 24.2 Å². The van der Waals surface area contributed by atoms with Crippen LogP contribution >= 0.6 is 0 Å². The number of carbonyl (C=O) groups excluding carboxylic acids is 1. The van der Waals surface area contributed by atoms with Gasteiger partial charge in [0.15, 0.2) is 0 Å². The first-order chi connectivity index (χ1) is 19.2. The molecule has 0 aliphatic heterocycles. The van der Waals surface area contributed by atoms with Crippen LogP contribution in [0.5, 0.6) is 5.75 Å². The molecule has 39 heavy (non-hydrogen) atoms. The number of rotatable bonds is 8. The number of nitrogens with one attached hydrogen (secondary N) is 1. The molecule has 4 aromatic carbocycles. The highest BCUT2D eigenvalue weighted by molar-refractivity contribution is 5.94. The molecule has 0 fully saturated rings. The molecule has 6 rings (SSSR count). The summed E-state index contributed by atoms with van der Waals surface area (Å²) < 4.78 is 8.60. The summed E-state index contributed by atoms with van der Waals surface area (Å²) in [5, 5.41) is 1.08. The molecular formula is C34H33N3O2. The molecule has 5 nitrogen and oxygen atoms in total. The minimum Gasteiger partial charge on any atom is -0.493 e. The maximum atomic E-state index is 12.9. The monoisotopic (exact) mass is 515 g/mol. The topological polar surface area (TPSA) is 69.3 Å². The van der Waals surface area contributed by atoms with Gasteiger partial charge < -0.3 is 9.30 Å². The lowest BCUT2D eigenvalue weighted by Gasteiger charge is -2.23. The van der Waals surface area contributed by atoms with Crippen LogP contribution in [0.4, 0.5) is 0 Å². The first kappa shape index (κ1) is 25.0. The standard InChI is InChI=1S/C34H33N3O2/c35-36-34(38)29-16-9-17-32-33(29)30-22-27(39-21-20-24-10-3-1-4-11-24)18-19-31(30)37(32)23-26-14-7-8-15-28(26)25-12-5-2-6-13-25/h1-8,10-15,18-19,22,29H,9,16-17,20-21,23,35H2,(H,36,38). The quantitative estimate of drug-likeness (QED) is 0.143. The van der Waals surface area contributed by atoms with Gasteiger partial charge >= 0.3 is 0 Å². The molecule has 0 spiro atoms. The highest BCUT2D eigenvalue weighted by atomic mass is 16.5. The van der Waals surface area contributed by atoms with Crippen LogP contribution in [0.2, 0.25) is 0 Å². The van der Waals surface area contributed by atoms with Crippen molar-refractivity contribution in [3.05, 3.63) is 126 Å². The first-order valence-corrected chi connectivity index (χ1v) is 13.7. The van der Waals surface area contributed by atoms with E-state index < -0.39 is 0 Å². The van der Waals surface area contributed by atoms with Gasteiger partial charge in [-0.3, -0.25) is 10.2 Å². The van der Waals surface area contributed by atoms with E-state index in [1.807, 2.05) is 12.1 Å². The number of fused-ring (bicyclic) bond motifs is 3. The Morgan fingerprint density at radius 2 is 1.67 bits per heavy atom. The van der Waals surface area contributed by atoms with Gasteiger partial charge in [0.05, 0.1) is 12.5 Å². The fraction of sp³-hybridized carbons (Fsp3) is 0.206. The Morgan fingerprint density at radius 3 is 2.46 bits per heavy atom. The number of aromatic nitrogens is 1. The van der Waals surface area contributed by atoms with E-state index in [0.717, 1.165) is 54.4 Å². The third kappa shape index (κ3) is 5.06. The molecule has 196 valence electrons. The molecule has 0 saturated carbocycles. The third-order valence-electron chi connectivity index (χ3n) is 7.83. The zero-order valence-corrected chi connectivity index (χ0v) is 22.0. The molecule has 1 aliphatic rings. The number of hydrogen-bond donors (Lipinski definition) is 2. The molecular weight excluding hydrogens is 482 g/mol. The maximum absolute atomic E-state index is 12.9. The van der Waals surface area contributed by atoms with Gasteiger partial charge in [-0.15, -0.1) is 0 Å². The summed E-state index contributed by atoms with van der Waals surface area (Å²) in [4.78, 5) is 12.9. The Bertz CT molecular complexity index is 1590. The number of nitrogens with two attached hydrogens (primary N) is 1. The number of hydrogen-bond acceptors (Lipinski definition) is 3. The second-order valence-corrected chi connectivity index (χ2v) is 10.2. The summed E-state index contributed by atoms with van der Waals surface area (Å²) >= 11 is 0. The Kier molecular flexibility index (Phi) is 7.15. The summed E-state index contributed by atoms with van der Waals surface area (Å²) in [6.07, 6.45) is 3.50. The normalized spacial score (nSPS) is 14.6. The highest BCUT2D eigenvalue weighted by Crippen LogP contribution is 2.41. The van der Waals surface area contributed by atoms with Crippen LogP contribution in [0.1, 0.15) is 41.1 Å². The second-order valence-electron chi connectivity index (χ2n) is 10.2. The fourth-order valence-electron chi connectivity index (χ4n) is 5.98. The Hall–Kier alpha value is -4.35. The van der Waals surface area contributed by atoms with E-state index in [2.05, 4.69) is 101 Å². The Labute approximate surface area is 229 Å². The molecule has 0 radical (unpaired) electrons. The number of hydrazine groups is 1. The lowest BCUT2D eigenvalue weighted by molar-refractivity contribution is -0.122. The molecule has 3 N–H and O–H groups in total. The smallest absolute Gasteiger partial charge is 0.241 e. The zero-order valence-electron chi connectivity index (χ0n) is 22.0. The van der Waals surface area contributed by atoms with Gasteiger partial charge in [-0.1, -0.05) is 84.9 Å². The van der Waals surface area contributed by atoms with Crippen LogP contribution in [-0.4, -0.2) is 17.1 Å².